The second-order valence-corrected chi connectivity index (χ2v) is 9.86. The van der Waals surface area contributed by atoms with Gasteiger partial charge in [-0.3, -0.25) is 9.97 Å². The van der Waals surface area contributed by atoms with Gasteiger partial charge >= 0.3 is 0 Å². The fourth-order valence-corrected chi connectivity index (χ4v) is 1.98. The Bertz CT molecular complexity index is 589. The molecule has 0 fully saturated rings. The van der Waals surface area contributed by atoms with E-state index in [4.69, 9.17) is 0 Å². The van der Waals surface area contributed by atoms with Crippen LogP contribution in [0.4, 0.5) is 0 Å². The SMILES string of the molecule is C[Si](C)(C)C#Cc1cccnc1-c1ccccn1. The molecule has 0 saturated carbocycles. The van der Waals surface area contributed by atoms with Crippen LogP contribution in [0.25, 0.3) is 11.4 Å². The van der Waals surface area contributed by atoms with E-state index in [-0.39, 0.29) is 0 Å². The number of aromatic nitrogens is 2. The van der Waals surface area contributed by atoms with Gasteiger partial charge in [0.2, 0.25) is 0 Å². The molecule has 0 amide bonds. The summed E-state index contributed by atoms with van der Waals surface area (Å²) in [4.78, 5) is 8.74. The average Bonchev–Trinajstić information content (AvgIpc) is 2.37. The van der Waals surface area contributed by atoms with Crippen molar-refractivity contribution in [1.29, 1.82) is 0 Å². The van der Waals surface area contributed by atoms with E-state index in [9.17, 15) is 0 Å². The number of hydrogen-bond acceptors (Lipinski definition) is 2. The van der Waals surface area contributed by atoms with Crippen molar-refractivity contribution in [1.82, 2.24) is 9.97 Å². The van der Waals surface area contributed by atoms with Gasteiger partial charge in [-0.1, -0.05) is 31.6 Å². The largest absolute Gasteiger partial charge is 0.255 e. The first-order chi connectivity index (χ1) is 8.56. The third-order valence-corrected chi connectivity index (χ3v) is 3.16. The molecule has 0 unspecified atom stereocenters. The van der Waals surface area contributed by atoms with Crippen molar-refractivity contribution in [3.8, 4) is 22.9 Å². The number of hydrogen-bond donors (Lipinski definition) is 0. The van der Waals surface area contributed by atoms with Crippen molar-refractivity contribution in [3.63, 3.8) is 0 Å². The molecule has 2 aromatic rings. The molecular formula is C15H16N2Si. The van der Waals surface area contributed by atoms with Crippen LogP contribution < -0.4 is 0 Å². The number of rotatable bonds is 1. The predicted octanol–water partition coefficient (Wildman–Crippen LogP) is 3.37. The van der Waals surface area contributed by atoms with Gasteiger partial charge in [0.15, 0.2) is 0 Å². The molecule has 0 aliphatic rings. The van der Waals surface area contributed by atoms with Crippen LogP contribution in [0.3, 0.4) is 0 Å². The number of nitrogens with zero attached hydrogens (tertiary/aromatic N) is 2. The van der Waals surface area contributed by atoms with E-state index in [1.807, 2.05) is 30.3 Å². The smallest absolute Gasteiger partial charge is 0.129 e. The molecule has 0 radical (unpaired) electrons. The second kappa shape index (κ2) is 5.15. The topological polar surface area (TPSA) is 25.8 Å². The normalized spacial score (nSPS) is 10.6. The van der Waals surface area contributed by atoms with Crippen LogP contribution in [-0.2, 0) is 0 Å². The van der Waals surface area contributed by atoms with Gasteiger partial charge in [0.1, 0.15) is 13.8 Å². The maximum Gasteiger partial charge on any atom is 0.129 e. The van der Waals surface area contributed by atoms with Crippen LogP contribution in [0, 0.1) is 11.5 Å². The summed E-state index contributed by atoms with van der Waals surface area (Å²) in [6.07, 6.45) is 3.56. The summed E-state index contributed by atoms with van der Waals surface area (Å²) in [5, 5.41) is 0. The third kappa shape index (κ3) is 3.28. The van der Waals surface area contributed by atoms with Crippen molar-refractivity contribution >= 4 is 8.07 Å². The predicted molar refractivity (Wildman–Crippen MR) is 77.7 cm³/mol. The molecule has 90 valence electrons. The van der Waals surface area contributed by atoms with E-state index in [1.165, 1.54) is 0 Å². The maximum absolute atomic E-state index is 4.40. The lowest BCUT2D eigenvalue weighted by Crippen LogP contribution is -2.16. The molecule has 2 rings (SSSR count). The Kier molecular flexibility index (Phi) is 3.59. The molecule has 0 spiro atoms. The maximum atomic E-state index is 4.40. The minimum Gasteiger partial charge on any atom is -0.255 e. The van der Waals surface area contributed by atoms with E-state index in [2.05, 4.69) is 41.1 Å². The molecule has 18 heavy (non-hydrogen) atoms. The molecule has 2 aromatic heterocycles. The zero-order valence-electron chi connectivity index (χ0n) is 10.9. The Morgan fingerprint density at radius 3 is 2.39 bits per heavy atom. The summed E-state index contributed by atoms with van der Waals surface area (Å²) in [5.74, 6) is 3.26. The molecule has 3 heteroatoms. The fourth-order valence-electron chi connectivity index (χ4n) is 1.47. The second-order valence-electron chi connectivity index (χ2n) is 5.11. The fraction of sp³-hybridized carbons (Fsp3) is 0.200. The monoisotopic (exact) mass is 252 g/mol. The first kappa shape index (κ1) is 12.5. The van der Waals surface area contributed by atoms with Gasteiger partial charge in [0.05, 0.1) is 11.3 Å². The minimum absolute atomic E-state index is 0.865. The molecule has 0 aromatic carbocycles. The summed E-state index contributed by atoms with van der Waals surface area (Å²) >= 11 is 0. The number of pyridine rings is 2. The van der Waals surface area contributed by atoms with Gasteiger partial charge in [0, 0.05) is 12.4 Å². The Morgan fingerprint density at radius 1 is 0.944 bits per heavy atom. The van der Waals surface area contributed by atoms with Gasteiger partial charge in [-0.2, -0.15) is 0 Å². The summed E-state index contributed by atoms with van der Waals surface area (Å²) in [6, 6.07) is 9.75. The summed E-state index contributed by atoms with van der Waals surface area (Å²) in [5.41, 5.74) is 6.06. The quantitative estimate of drug-likeness (QED) is 0.574. The molecule has 0 atom stereocenters. The van der Waals surface area contributed by atoms with Crippen LogP contribution in [-0.4, -0.2) is 18.0 Å². The van der Waals surface area contributed by atoms with Crippen molar-refractivity contribution in [2.45, 2.75) is 19.6 Å². The summed E-state index contributed by atoms with van der Waals surface area (Å²) < 4.78 is 0. The minimum atomic E-state index is -1.37. The molecule has 2 nitrogen and oxygen atoms in total. The highest BCUT2D eigenvalue weighted by Gasteiger charge is 2.09. The van der Waals surface area contributed by atoms with Gasteiger partial charge < -0.3 is 0 Å². The van der Waals surface area contributed by atoms with Gasteiger partial charge in [-0.15, -0.1) is 5.54 Å². The third-order valence-electron chi connectivity index (χ3n) is 2.29. The molecule has 0 aliphatic heterocycles. The van der Waals surface area contributed by atoms with E-state index in [0.717, 1.165) is 17.0 Å². The van der Waals surface area contributed by atoms with E-state index in [1.54, 1.807) is 12.4 Å². The lowest BCUT2D eigenvalue weighted by atomic mass is 10.1. The standard InChI is InChI=1S/C15H16N2Si/c1-18(2,3)12-9-13-7-6-11-17-15(13)14-8-4-5-10-16-14/h4-8,10-11H,1-3H3. The Morgan fingerprint density at radius 2 is 1.72 bits per heavy atom. The summed E-state index contributed by atoms with van der Waals surface area (Å²) in [7, 11) is -1.37. The zero-order chi connectivity index (χ0) is 13.0. The lowest BCUT2D eigenvalue weighted by molar-refractivity contribution is 1.24. The van der Waals surface area contributed by atoms with Crippen LogP contribution in [0.5, 0.6) is 0 Å². The first-order valence-electron chi connectivity index (χ1n) is 5.96. The van der Waals surface area contributed by atoms with Gasteiger partial charge in [0.25, 0.3) is 0 Å². The highest BCUT2D eigenvalue weighted by molar-refractivity contribution is 6.83. The van der Waals surface area contributed by atoms with Crippen molar-refractivity contribution in [2.75, 3.05) is 0 Å². The molecule has 0 aliphatic carbocycles. The molecule has 0 N–H and O–H groups in total. The van der Waals surface area contributed by atoms with Crippen LogP contribution in [0.2, 0.25) is 19.6 Å². The summed E-state index contributed by atoms with van der Waals surface area (Å²) in [6.45, 7) is 6.70. The lowest BCUT2D eigenvalue weighted by Gasteiger charge is -2.05. The highest BCUT2D eigenvalue weighted by Crippen LogP contribution is 2.17. The highest BCUT2D eigenvalue weighted by atomic mass is 28.3. The van der Waals surface area contributed by atoms with E-state index in [0.29, 0.717) is 0 Å². The molecule has 0 saturated heterocycles. The van der Waals surface area contributed by atoms with E-state index >= 15 is 0 Å². The molecular weight excluding hydrogens is 236 g/mol. The van der Waals surface area contributed by atoms with Crippen molar-refractivity contribution in [3.05, 3.63) is 48.3 Å². The van der Waals surface area contributed by atoms with E-state index < -0.39 is 8.07 Å². The molecule has 0 bridgehead atoms. The molecule has 2 heterocycles. The van der Waals surface area contributed by atoms with Crippen molar-refractivity contribution < 1.29 is 0 Å². The zero-order valence-corrected chi connectivity index (χ0v) is 11.9. The Balaban J connectivity index is 2.47. The van der Waals surface area contributed by atoms with Crippen LogP contribution >= 0.6 is 0 Å². The van der Waals surface area contributed by atoms with Gasteiger partial charge in [-0.05, 0) is 24.3 Å². The van der Waals surface area contributed by atoms with Gasteiger partial charge in [-0.25, -0.2) is 0 Å². The van der Waals surface area contributed by atoms with Crippen LogP contribution in [0.1, 0.15) is 5.56 Å². The Labute approximate surface area is 109 Å². The van der Waals surface area contributed by atoms with Crippen LogP contribution in [0.15, 0.2) is 42.7 Å². The Hall–Kier alpha value is -1.92. The average molecular weight is 252 g/mol. The van der Waals surface area contributed by atoms with Crippen molar-refractivity contribution in [2.24, 2.45) is 0 Å². The first-order valence-corrected chi connectivity index (χ1v) is 9.46.